The third kappa shape index (κ3) is 7.04. The molecule has 0 atom stereocenters. The molecule has 0 saturated carbocycles. The van der Waals surface area contributed by atoms with Crippen molar-refractivity contribution >= 4 is 12.6 Å². The number of rotatable bonds is 7. The predicted octanol–water partition coefficient (Wildman–Crippen LogP) is 0.714. The minimum absolute atomic E-state index is 0.0537. The molecule has 0 amide bonds. The van der Waals surface area contributed by atoms with E-state index >= 15 is 0 Å². The lowest BCUT2D eigenvalue weighted by Crippen LogP contribution is -2.29. The second kappa shape index (κ2) is 7.37. The summed E-state index contributed by atoms with van der Waals surface area (Å²) in [5.74, 6) is 0.418. The van der Waals surface area contributed by atoms with Crippen LogP contribution in [0.1, 0.15) is 6.42 Å². The fourth-order valence-corrected chi connectivity index (χ4v) is 1.30. The lowest BCUT2D eigenvalue weighted by atomic mass is 9.80. The number of halogens is 3. The zero-order valence-electron chi connectivity index (χ0n) is 10.1. The highest BCUT2D eigenvalue weighted by Crippen LogP contribution is 2.14. The molecule has 1 aromatic carbocycles. The fourth-order valence-electron chi connectivity index (χ4n) is 1.30. The molecule has 0 fully saturated rings. The molecular weight excluding hydrogens is 264 g/mol. The van der Waals surface area contributed by atoms with Crippen LogP contribution in [0.3, 0.4) is 0 Å². The van der Waals surface area contributed by atoms with Crippen molar-refractivity contribution in [2.45, 2.75) is 12.6 Å². The number of hydrogen-bond donors (Lipinski definition) is 2. The smallest absolute Gasteiger partial charge is 0.488 e. The van der Waals surface area contributed by atoms with Crippen LogP contribution < -0.4 is 10.2 Å². The molecule has 2 N–H and O–H groups in total. The summed E-state index contributed by atoms with van der Waals surface area (Å²) in [6.07, 6.45) is -4.01. The Morgan fingerprint density at radius 1 is 1.16 bits per heavy atom. The normalized spacial score (nSPS) is 11.4. The van der Waals surface area contributed by atoms with Crippen LogP contribution in [0.4, 0.5) is 13.2 Å². The maximum Gasteiger partial charge on any atom is 0.488 e. The second-order valence-electron chi connectivity index (χ2n) is 3.82. The van der Waals surface area contributed by atoms with Gasteiger partial charge >= 0.3 is 13.3 Å². The van der Waals surface area contributed by atoms with Crippen LogP contribution in [0.25, 0.3) is 0 Å². The van der Waals surface area contributed by atoms with Gasteiger partial charge in [0.15, 0.2) is 0 Å². The van der Waals surface area contributed by atoms with Crippen LogP contribution in [0, 0.1) is 0 Å². The van der Waals surface area contributed by atoms with Crippen molar-refractivity contribution < 1.29 is 32.7 Å². The van der Waals surface area contributed by atoms with Crippen molar-refractivity contribution in [3.8, 4) is 5.75 Å². The zero-order valence-corrected chi connectivity index (χ0v) is 10.1. The van der Waals surface area contributed by atoms with Crippen molar-refractivity contribution in [1.29, 1.82) is 0 Å². The molecule has 0 spiro atoms. The van der Waals surface area contributed by atoms with Crippen molar-refractivity contribution in [3.05, 3.63) is 24.3 Å². The molecule has 0 aliphatic carbocycles. The van der Waals surface area contributed by atoms with E-state index in [9.17, 15) is 13.2 Å². The molecule has 0 saturated heterocycles. The van der Waals surface area contributed by atoms with Gasteiger partial charge < -0.3 is 19.5 Å². The molecule has 0 aliphatic rings. The zero-order chi connectivity index (χ0) is 14.3. The minimum atomic E-state index is -4.31. The van der Waals surface area contributed by atoms with Crippen molar-refractivity contribution in [2.24, 2.45) is 0 Å². The molecule has 0 unspecified atom stereocenters. The lowest BCUT2D eigenvalue weighted by Gasteiger charge is -2.09. The summed E-state index contributed by atoms with van der Waals surface area (Å²) in [6, 6.07) is 6.16. The Morgan fingerprint density at radius 3 is 2.53 bits per heavy atom. The van der Waals surface area contributed by atoms with E-state index in [4.69, 9.17) is 14.8 Å². The van der Waals surface area contributed by atoms with E-state index in [2.05, 4.69) is 4.74 Å². The summed E-state index contributed by atoms with van der Waals surface area (Å²) in [4.78, 5) is 0. The van der Waals surface area contributed by atoms with Gasteiger partial charge in [0.2, 0.25) is 0 Å². The van der Waals surface area contributed by atoms with Crippen LogP contribution >= 0.6 is 0 Å². The molecule has 1 aromatic rings. The molecule has 0 radical (unpaired) electrons. The third-order valence-corrected chi connectivity index (χ3v) is 2.12. The Kier molecular flexibility index (Phi) is 6.13. The van der Waals surface area contributed by atoms with Gasteiger partial charge in [-0.1, -0.05) is 12.1 Å². The Morgan fingerprint density at radius 2 is 1.89 bits per heavy atom. The second-order valence-corrected chi connectivity index (χ2v) is 3.82. The fraction of sp³-hybridized carbons (Fsp3) is 0.455. The highest BCUT2D eigenvalue weighted by molar-refractivity contribution is 6.58. The molecule has 8 heteroatoms. The SMILES string of the molecule is OB(O)c1cccc(OCCCOCC(F)(F)F)c1. The van der Waals surface area contributed by atoms with Gasteiger partial charge in [-0.3, -0.25) is 0 Å². The van der Waals surface area contributed by atoms with E-state index in [1.165, 1.54) is 12.1 Å². The first-order valence-electron chi connectivity index (χ1n) is 5.62. The van der Waals surface area contributed by atoms with Gasteiger partial charge in [-0.15, -0.1) is 0 Å². The lowest BCUT2D eigenvalue weighted by molar-refractivity contribution is -0.174. The summed E-state index contributed by atoms with van der Waals surface area (Å²) in [5, 5.41) is 17.9. The summed E-state index contributed by atoms with van der Waals surface area (Å²) in [6.45, 7) is -1.14. The minimum Gasteiger partial charge on any atom is -0.494 e. The highest BCUT2D eigenvalue weighted by Gasteiger charge is 2.27. The van der Waals surface area contributed by atoms with Crippen molar-refractivity contribution in [1.82, 2.24) is 0 Å². The Labute approximate surface area is 108 Å². The molecule has 106 valence electrons. The molecule has 0 aliphatic heterocycles. The Balaban J connectivity index is 2.21. The van der Waals surface area contributed by atoms with Gasteiger partial charge in [-0.25, -0.2) is 0 Å². The molecule has 19 heavy (non-hydrogen) atoms. The Hall–Kier alpha value is -1.25. The number of alkyl halides is 3. The molecule has 0 heterocycles. The topological polar surface area (TPSA) is 58.9 Å². The van der Waals surface area contributed by atoms with E-state index in [0.717, 1.165) is 0 Å². The van der Waals surface area contributed by atoms with Crippen molar-refractivity contribution in [3.63, 3.8) is 0 Å². The molecular formula is C11H14BF3O4. The number of hydrogen-bond acceptors (Lipinski definition) is 4. The van der Waals surface area contributed by atoms with E-state index in [1.807, 2.05) is 0 Å². The first-order chi connectivity index (χ1) is 8.88. The van der Waals surface area contributed by atoms with Gasteiger partial charge in [0.1, 0.15) is 12.4 Å². The van der Waals surface area contributed by atoms with E-state index < -0.39 is 19.9 Å². The average Bonchev–Trinajstić information content (AvgIpc) is 2.32. The quantitative estimate of drug-likeness (QED) is 0.570. The molecule has 0 bridgehead atoms. The van der Waals surface area contributed by atoms with Crippen LogP contribution in [0.5, 0.6) is 5.75 Å². The van der Waals surface area contributed by atoms with Gasteiger partial charge in [0.05, 0.1) is 13.2 Å². The predicted molar refractivity (Wildman–Crippen MR) is 63.3 cm³/mol. The maximum absolute atomic E-state index is 11.7. The van der Waals surface area contributed by atoms with E-state index in [1.54, 1.807) is 12.1 Å². The highest BCUT2D eigenvalue weighted by atomic mass is 19.4. The first-order valence-corrected chi connectivity index (χ1v) is 5.62. The van der Waals surface area contributed by atoms with Gasteiger partial charge in [0.25, 0.3) is 0 Å². The summed E-state index contributed by atoms with van der Waals surface area (Å²) in [7, 11) is -1.58. The third-order valence-electron chi connectivity index (χ3n) is 2.12. The van der Waals surface area contributed by atoms with Crippen molar-refractivity contribution in [2.75, 3.05) is 19.8 Å². The monoisotopic (exact) mass is 278 g/mol. The van der Waals surface area contributed by atoms with Gasteiger partial charge in [-0.05, 0) is 17.6 Å². The van der Waals surface area contributed by atoms with E-state index in [-0.39, 0.29) is 18.7 Å². The van der Waals surface area contributed by atoms with Crippen LogP contribution in [-0.2, 0) is 4.74 Å². The van der Waals surface area contributed by atoms with Crippen LogP contribution in [-0.4, -0.2) is 43.2 Å². The van der Waals surface area contributed by atoms with Crippen LogP contribution in [0.2, 0.25) is 0 Å². The molecule has 4 nitrogen and oxygen atoms in total. The van der Waals surface area contributed by atoms with Crippen LogP contribution in [0.15, 0.2) is 24.3 Å². The number of benzene rings is 1. The summed E-state index contributed by atoms with van der Waals surface area (Å²) < 4.78 is 44.9. The summed E-state index contributed by atoms with van der Waals surface area (Å²) >= 11 is 0. The van der Waals surface area contributed by atoms with Gasteiger partial charge in [-0.2, -0.15) is 13.2 Å². The standard InChI is InChI=1S/C11H14BF3O4/c13-11(14,15)8-18-5-2-6-19-10-4-1-3-9(7-10)12(16)17/h1,3-4,7,16-17H,2,5-6,8H2. The molecule has 1 rings (SSSR count). The maximum atomic E-state index is 11.7. The summed E-state index contributed by atoms with van der Waals surface area (Å²) in [5.41, 5.74) is 0.283. The first kappa shape index (κ1) is 15.8. The molecule has 0 aromatic heterocycles. The Bertz CT molecular complexity index is 384. The number of ether oxygens (including phenoxy) is 2. The largest absolute Gasteiger partial charge is 0.494 e. The van der Waals surface area contributed by atoms with Gasteiger partial charge in [0, 0.05) is 6.42 Å². The average molecular weight is 278 g/mol. The van der Waals surface area contributed by atoms with E-state index in [0.29, 0.717) is 12.2 Å².